The molecule has 2 heterocycles. The molecule has 0 bridgehead atoms. The first-order valence-corrected chi connectivity index (χ1v) is 6.41. The molecule has 2 N–H and O–H groups in total. The van der Waals surface area contributed by atoms with E-state index in [4.69, 9.17) is 17.3 Å². The maximum Gasteiger partial charge on any atom is 0.0669 e. The molecule has 2 aromatic heterocycles. The van der Waals surface area contributed by atoms with Crippen molar-refractivity contribution in [2.75, 3.05) is 0 Å². The molecular weight excluding hydrogens is 234 g/mol. The highest BCUT2D eigenvalue weighted by molar-refractivity contribution is 7.11. The zero-order valence-electron chi connectivity index (χ0n) is 7.66. The van der Waals surface area contributed by atoms with Crippen molar-refractivity contribution in [3.8, 4) is 0 Å². The molecule has 0 spiro atoms. The maximum absolute atomic E-state index is 6.15. The van der Waals surface area contributed by atoms with Gasteiger partial charge in [0.05, 0.1) is 11.1 Å². The lowest BCUT2D eigenvalue weighted by molar-refractivity contribution is 0.899. The lowest BCUT2D eigenvalue weighted by Crippen LogP contribution is -2.09. The van der Waals surface area contributed by atoms with Gasteiger partial charge in [-0.2, -0.15) is 11.3 Å². The Morgan fingerprint density at radius 1 is 1.43 bits per heavy atom. The second kappa shape index (κ2) is 4.03. The summed E-state index contributed by atoms with van der Waals surface area (Å²) in [6.45, 7) is 2.00. The van der Waals surface area contributed by atoms with Gasteiger partial charge in [-0.05, 0) is 40.3 Å². The second-order valence-electron chi connectivity index (χ2n) is 3.13. The van der Waals surface area contributed by atoms with Gasteiger partial charge < -0.3 is 5.73 Å². The molecule has 2 rings (SSSR count). The van der Waals surface area contributed by atoms with Crippen molar-refractivity contribution in [1.82, 2.24) is 0 Å². The Labute approximate surface area is 96.1 Å². The molecule has 74 valence electrons. The van der Waals surface area contributed by atoms with Crippen molar-refractivity contribution in [3.05, 3.63) is 43.2 Å². The molecule has 4 heteroatoms. The molecule has 0 saturated carbocycles. The van der Waals surface area contributed by atoms with Crippen LogP contribution >= 0.6 is 34.3 Å². The predicted molar refractivity (Wildman–Crippen MR) is 64.4 cm³/mol. The summed E-state index contributed by atoms with van der Waals surface area (Å²) in [6.07, 6.45) is 0. The normalized spacial score (nSPS) is 13.1. The summed E-state index contributed by atoms with van der Waals surface area (Å²) in [5.74, 6) is 0. The number of halogens is 1. The van der Waals surface area contributed by atoms with Crippen LogP contribution in [0, 0.1) is 6.92 Å². The van der Waals surface area contributed by atoms with E-state index >= 15 is 0 Å². The number of thiophene rings is 2. The van der Waals surface area contributed by atoms with Crippen LogP contribution in [0.5, 0.6) is 0 Å². The fraction of sp³-hybridized carbons (Fsp3) is 0.200. The summed E-state index contributed by atoms with van der Waals surface area (Å²) in [4.78, 5) is 1.06. The molecule has 0 saturated heterocycles. The standard InChI is InChI=1S/C10H10ClNS2/c1-6-4-14-10(8(6)11)9(12)7-2-3-13-5-7/h2-5,9H,12H2,1H3. The van der Waals surface area contributed by atoms with Gasteiger partial charge in [0.2, 0.25) is 0 Å². The van der Waals surface area contributed by atoms with Gasteiger partial charge in [-0.15, -0.1) is 11.3 Å². The van der Waals surface area contributed by atoms with Gasteiger partial charge in [0.25, 0.3) is 0 Å². The van der Waals surface area contributed by atoms with Gasteiger partial charge in [0, 0.05) is 4.88 Å². The second-order valence-corrected chi connectivity index (χ2v) is 5.20. The van der Waals surface area contributed by atoms with E-state index in [1.807, 2.05) is 23.8 Å². The maximum atomic E-state index is 6.15. The first-order chi connectivity index (χ1) is 6.70. The van der Waals surface area contributed by atoms with Crippen molar-refractivity contribution in [2.24, 2.45) is 5.73 Å². The average molecular weight is 244 g/mol. The van der Waals surface area contributed by atoms with Crippen LogP contribution in [-0.4, -0.2) is 0 Å². The Hall–Kier alpha value is -0.350. The van der Waals surface area contributed by atoms with E-state index in [0.717, 1.165) is 21.0 Å². The lowest BCUT2D eigenvalue weighted by atomic mass is 10.1. The number of aryl methyl sites for hydroxylation is 1. The first kappa shape index (κ1) is 10.2. The molecule has 14 heavy (non-hydrogen) atoms. The van der Waals surface area contributed by atoms with Crippen LogP contribution in [-0.2, 0) is 0 Å². The lowest BCUT2D eigenvalue weighted by Gasteiger charge is -2.07. The molecule has 2 aromatic rings. The fourth-order valence-electron chi connectivity index (χ4n) is 1.26. The SMILES string of the molecule is Cc1csc(C(N)c2ccsc2)c1Cl. The van der Waals surface area contributed by atoms with E-state index in [0.29, 0.717) is 0 Å². The largest absolute Gasteiger partial charge is 0.320 e. The van der Waals surface area contributed by atoms with Gasteiger partial charge in [0.15, 0.2) is 0 Å². The topological polar surface area (TPSA) is 26.0 Å². The van der Waals surface area contributed by atoms with Crippen molar-refractivity contribution in [2.45, 2.75) is 13.0 Å². The van der Waals surface area contributed by atoms with Crippen LogP contribution in [0.2, 0.25) is 5.02 Å². The molecule has 0 aliphatic heterocycles. The summed E-state index contributed by atoms with van der Waals surface area (Å²) in [5, 5.41) is 6.96. The Morgan fingerprint density at radius 2 is 2.21 bits per heavy atom. The van der Waals surface area contributed by atoms with E-state index in [-0.39, 0.29) is 6.04 Å². The fourth-order valence-corrected chi connectivity index (χ4v) is 3.30. The molecule has 1 nitrogen and oxygen atoms in total. The third-order valence-electron chi connectivity index (χ3n) is 2.11. The van der Waals surface area contributed by atoms with E-state index in [1.165, 1.54) is 0 Å². The highest BCUT2D eigenvalue weighted by Gasteiger charge is 2.15. The minimum atomic E-state index is -0.0764. The zero-order chi connectivity index (χ0) is 10.1. The third-order valence-corrected chi connectivity index (χ3v) is 4.61. The highest BCUT2D eigenvalue weighted by Crippen LogP contribution is 2.34. The predicted octanol–water partition coefficient (Wildman–Crippen LogP) is 3.82. The summed E-state index contributed by atoms with van der Waals surface area (Å²) in [7, 11) is 0. The smallest absolute Gasteiger partial charge is 0.0669 e. The number of hydrogen-bond acceptors (Lipinski definition) is 3. The zero-order valence-corrected chi connectivity index (χ0v) is 10.0. The Kier molecular flexibility index (Phi) is 2.93. The summed E-state index contributed by atoms with van der Waals surface area (Å²) in [6, 6.07) is 1.97. The summed E-state index contributed by atoms with van der Waals surface area (Å²) in [5.41, 5.74) is 8.35. The van der Waals surface area contributed by atoms with Crippen LogP contribution < -0.4 is 5.73 Å². The average Bonchev–Trinajstić information content (AvgIpc) is 2.77. The van der Waals surface area contributed by atoms with Gasteiger partial charge in [-0.1, -0.05) is 11.6 Å². The molecular formula is C10H10ClNS2. The quantitative estimate of drug-likeness (QED) is 0.853. The molecule has 1 atom stereocenters. The van der Waals surface area contributed by atoms with Crippen LogP contribution in [0.4, 0.5) is 0 Å². The Balaban J connectivity index is 2.36. The van der Waals surface area contributed by atoms with Gasteiger partial charge in [0.1, 0.15) is 0 Å². The van der Waals surface area contributed by atoms with Gasteiger partial charge >= 0.3 is 0 Å². The van der Waals surface area contributed by atoms with Crippen molar-refractivity contribution in [1.29, 1.82) is 0 Å². The molecule has 0 fully saturated rings. The molecule has 0 radical (unpaired) electrons. The monoisotopic (exact) mass is 243 g/mol. The molecule has 0 aliphatic carbocycles. The van der Waals surface area contributed by atoms with Crippen molar-refractivity contribution >= 4 is 34.3 Å². The Bertz CT molecular complexity index is 419. The van der Waals surface area contributed by atoms with E-state index in [9.17, 15) is 0 Å². The molecule has 0 aromatic carbocycles. The van der Waals surface area contributed by atoms with Crippen LogP contribution in [0.3, 0.4) is 0 Å². The van der Waals surface area contributed by atoms with Gasteiger partial charge in [-0.3, -0.25) is 0 Å². The summed E-state index contributed by atoms with van der Waals surface area (Å²) < 4.78 is 0. The van der Waals surface area contributed by atoms with Crippen LogP contribution in [0.1, 0.15) is 22.0 Å². The highest BCUT2D eigenvalue weighted by atomic mass is 35.5. The van der Waals surface area contributed by atoms with Crippen molar-refractivity contribution in [3.63, 3.8) is 0 Å². The number of hydrogen-bond donors (Lipinski definition) is 1. The first-order valence-electron chi connectivity index (χ1n) is 4.21. The minimum absolute atomic E-state index is 0.0764. The van der Waals surface area contributed by atoms with E-state index in [2.05, 4.69) is 5.38 Å². The van der Waals surface area contributed by atoms with Crippen LogP contribution in [0.25, 0.3) is 0 Å². The molecule has 0 aliphatic rings. The van der Waals surface area contributed by atoms with Gasteiger partial charge in [-0.25, -0.2) is 0 Å². The Morgan fingerprint density at radius 3 is 2.71 bits per heavy atom. The number of rotatable bonds is 2. The number of nitrogens with two attached hydrogens (primary N) is 1. The third kappa shape index (κ3) is 1.73. The molecule has 1 unspecified atom stereocenters. The van der Waals surface area contributed by atoms with E-state index in [1.54, 1.807) is 22.7 Å². The van der Waals surface area contributed by atoms with Crippen LogP contribution in [0.15, 0.2) is 22.2 Å². The van der Waals surface area contributed by atoms with Crippen molar-refractivity contribution < 1.29 is 0 Å². The summed E-state index contributed by atoms with van der Waals surface area (Å²) >= 11 is 9.44. The molecule has 0 amide bonds. The minimum Gasteiger partial charge on any atom is -0.320 e. The van der Waals surface area contributed by atoms with E-state index < -0.39 is 0 Å².